The number of guanidine groups is 1. The zero-order valence-electron chi connectivity index (χ0n) is 13.1. The molecule has 0 saturated carbocycles. The molecule has 7 heteroatoms. The number of nitrogens with two attached hydrogens (primary N) is 1. The van der Waals surface area contributed by atoms with Crippen molar-refractivity contribution >= 4 is 29.9 Å². The van der Waals surface area contributed by atoms with Crippen molar-refractivity contribution in [3.63, 3.8) is 0 Å². The number of morpholine rings is 1. The Hall–Kier alpha value is -0.120. The van der Waals surface area contributed by atoms with E-state index in [1.165, 1.54) is 19.4 Å². The van der Waals surface area contributed by atoms with Crippen molar-refractivity contribution in [2.75, 3.05) is 59.5 Å². The van der Waals surface area contributed by atoms with Crippen molar-refractivity contribution in [2.45, 2.75) is 25.3 Å². The summed E-state index contributed by atoms with van der Waals surface area (Å²) in [5.41, 5.74) is 5.90. The third kappa shape index (κ3) is 7.12. The molecular weight excluding hydrogens is 381 g/mol. The van der Waals surface area contributed by atoms with Crippen LogP contribution in [0.3, 0.4) is 0 Å². The highest BCUT2D eigenvalue weighted by Crippen LogP contribution is 2.14. The largest absolute Gasteiger partial charge is 0.379 e. The van der Waals surface area contributed by atoms with Gasteiger partial charge in [-0.05, 0) is 39.4 Å². The molecule has 124 valence electrons. The van der Waals surface area contributed by atoms with E-state index >= 15 is 0 Å². The van der Waals surface area contributed by atoms with Gasteiger partial charge in [0.05, 0.1) is 19.8 Å². The Bertz CT molecular complexity index is 310. The Labute approximate surface area is 145 Å². The van der Waals surface area contributed by atoms with Crippen molar-refractivity contribution in [2.24, 2.45) is 10.7 Å². The van der Waals surface area contributed by atoms with E-state index in [1.807, 2.05) is 0 Å². The number of ether oxygens (including phenoxy) is 1. The molecule has 3 N–H and O–H groups in total. The van der Waals surface area contributed by atoms with Crippen molar-refractivity contribution in [3.8, 4) is 0 Å². The topological polar surface area (TPSA) is 66.1 Å². The van der Waals surface area contributed by atoms with Crippen LogP contribution in [0.1, 0.15) is 19.3 Å². The number of hydrogen-bond acceptors (Lipinski definition) is 4. The van der Waals surface area contributed by atoms with E-state index < -0.39 is 0 Å². The van der Waals surface area contributed by atoms with Crippen LogP contribution in [-0.4, -0.2) is 81.3 Å². The normalized spacial score (nSPS) is 24.8. The lowest BCUT2D eigenvalue weighted by Crippen LogP contribution is -2.39. The highest BCUT2D eigenvalue weighted by atomic mass is 127. The highest BCUT2D eigenvalue weighted by Gasteiger charge is 2.19. The smallest absolute Gasteiger partial charge is 0.188 e. The van der Waals surface area contributed by atoms with Gasteiger partial charge in [-0.1, -0.05) is 0 Å². The van der Waals surface area contributed by atoms with E-state index in [-0.39, 0.29) is 24.0 Å². The van der Waals surface area contributed by atoms with Crippen molar-refractivity contribution < 1.29 is 4.74 Å². The SMILES string of the molecule is CN1CCCC1CN=C(N)NCCCN1CCOCC1.I. The number of halogens is 1. The van der Waals surface area contributed by atoms with Crippen molar-refractivity contribution in [3.05, 3.63) is 0 Å². The molecule has 6 nitrogen and oxygen atoms in total. The molecule has 0 spiro atoms. The molecule has 0 aromatic heterocycles. The predicted octanol–water partition coefficient (Wildman–Crippen LogP) is 0.325. The molecule has 2 aliphatic rings. The lowest BCUT2D eigenvalue weighted by Gasteiger charge is -2.26. The number of aliphatic imine (C=N–C) groups is 1. The summed E-state index contributed by atoms with van der Waals surface area (Å²) >= 11 is 0. The van der Waals surface area contributed by atoms with Gasteiger partial charge in [-0.3, -0.25) is 9.89 Å². The van der Waals surface area contributed by atoms with Crippen LogP contribution in [-0.2, 0) is 4.74 Å². The average Bonchev–Trinajstić information content (AvgIpc) is 2.88. The van der Waals surface area contributed by atoms with Crippen molar-refractivity contribution in [1.29, 1.82) is 0 Å². The van der Waals surface area contributed by atoms with Crippen LogP contribution in [0.15, 0.2) is 4.99 Å². The molecule has 2 rings (SSSR count). The summed E-state index contributed by atoms with van der Waals surface area (Å²) in [5.74, 6) is 0.590. The summed E-state index contributed by atoms with van der Waals surface area (Å²) in [4.78, 5) is 9.26. The zero-order chi connectivity index (χ0) is 14.2. The minimum absolute atomic E-state index is 0. The zero-order valence-corrected chi connectivity index (χ0v) is 15.4. The molecular formula is C14H30IN5O. The fraction of sp³-hybridized carbons (Fsp3) is 0.929. The van der Waals surface area contributed by atoms with Gasteiger partial charge in [0.2, 0.25) is 0 Å². The number of likely N-dealkylation sites (N-methyl/N-ethyl adjacent to an activating group) is 1. The summed E-state index contributed by atoms with van der Waals surface area (Å²) in [5, 5.41) is 3.21. The summed E-state index contributed by atoms with van der Waals surface area (Å²) in [6.07, 6.45) is 3.62. The molecule has 0 aliphatic carbocycles. The van der Waals surface area contributed by atoms with Gasteiger partial charge in [0.15, 0.2) is 5.96 Å². The quantitative estimate of drug-likeness (QED) is 0.285. The molecule has 2 saturated heterocycles. The number of nitrogens with zero attached hydrogens (tertiary/aromatic N) is 3. The van der Waals surface area contributed by atoms with Gasteiger partial charge >= 0.3 is 0 Å². The van der Waals surface area contributed by atoms with Gasteiger partial charge < -0.3 is 20.7 Å². The first-order chi connectivity index (χ1) is 9.75. The second-order valence-corrected chi connectivity index (χ2v) is 5.74. The molecule has 0 radical (unpaired) electrons. The summed E-state index contributed by atoms with van der Waals surface area (Å²) in [6.45, 7) is 7.85. The summed E-state index contributed by atoms with van der Waals surface area (Å²) in [6, 6.07) is 0.573. The molecule has 1 atom stereocenters. The minimum atomic E-state index is 0. The first kappa shape index (κ1) is 18.9. The fourth-order valence-corrected chi connectivity index (χ4v) is 2.81. The number of hydrogen-bond donors (Lipinski definition) is 2. The van der Waals surface area contributed by atoms with Crippen LogP contribution >= 0.6 is 24.0 Å². The molecule has 1 unspecified atom stereocenters. The molecule has 21 heavy (non-hydrogen) atoms. The van der Waals surface area contributed by atoms with Crippen molar-refractivity contribution in [1.82, 2.24) is 15.1 Å². The third-order valence-corrected chi connectivity index (χ3v) is 4.20. The van der Waals surface area contributed by atoms with Crippen LogP contribution in [0.25, 0.3) is 0 Å². The lowest BCUT2D eigenvalue weighted by atomic mass is 10.2. The van der Waals surface area contributed by atoms with E-state index in [0.717, 1.165) is 52.4 Å². The number of rotatable bonds is 6. The molecule has 0 aromatic rings. The maximum absolute atomic E-state index is 5.90. The Balaban J connectivity index is 0.00000220. The molecule has 2 heterocycles. The Morgan fingerprint density at radius 3 is 2.76 bits per heavy atom. The average molecular weight is 411 g/mol. The number of likely N-dealkylation sites (tertiary alicyclic amines) is 1. The second-order valence-electron chi connectivity index (χ2n) is 5.74. The summed E-state index contributed by atoms with van der Waals surface area (Å²) in [7, 11) is 2.17. The minimum Gasteiger partial charge on any atom is -0.379 e. The van der Waals surface area contributed by atoms with Gasteiger partial charge in [0.1, 0.15) is 0 Å². The van der Waals surface area contributed by atoms with E-state index in [0.29, 0.717) is 12.0 Å². The van der Waals surface area contributed by atoms with Crippen LogP contribution in [0, 0.1) is 0 Å². The fourth-order valence-electron chi connectivity index (χ4n) is 2.81. The van der Waals surface area contributed by atoms with Gasteiger partial charge in [-0.2, -0.15) is 0 Å². The maximum Gasteiger partial charge on any atom is 0.188 e. The second kappa shape index (κ2) is 10.6. The van der Waals surface area contributed by atoms with Gasteiger partial charge in [-0.25, -0.2) is 0 Å². The molecule has 0 amide bonds. The number of nitrogens with one attached hydrogen (secondary N) is 1. The highest BCUT2D eigenvalue weighted by molar-refractivity contribution is 14.0. The molecule has 2 aliphatic heterocycles. The van der Waals surface area contributed by atoms with E-state index in [4.69, 9.17) is 10.5 Å². The van der Waals surface area contributed by atoms with Gasteiger partial charge in [0, 0.05) is 25.7 Å². The maximum atomic E-state index is 5.90. The van der Waals surface area contributed by atoms with E-state index in [1.54, 1.807) is 0 Å². The van der Waals surface area contributed by atoms with Crippen LogP contribution in [0.2, 0.25) is 0 Å². The van der Waals surface area contributed by atoms with Gasteiger partial charge in [0.25, 0.3) is 0 Å². The van der Waals surface area contributed by atoms with Gasteiger partial charge in [-0.15, -0.1) is 24.0 Å². The molecule has 2 fully saturated rings. The van der Waals surface area contributed by atoms with E-state index in [9.17, 15) is 0 Å². The van der Waals surface area contributed by atoms with Crippen LogP contribution in [0.4, 0.5) is 0 Å². The molecule has 0 bridgehead atoms. The van der Waals surface area contributed by atoms with Crippen LogP contribution in [0.5, 0.6) is 0 Å². The monoisotopic (exact) mass is 411 g/mol. The van der Waals surface area contributed by atoms with Crippen LogP contribution < -0.4 is 11.1 Å². The first-order valence-electron chi connectivity index (χ1n) is 7.80. The predicted molar refractivity (Wildman–Crippen MR) is 97.4 cm³/mol. The first-order valence-corrected chi connectivity index (χ1v) is 7.80. The summed E-state index contributed by atoms with van der Waals surface area (Å²) < 4.78 is 5.33. The standard InChI is InChI=1S/C14H29N5O.HI/c1-18-6-2-4-13(18)12-17-14(15)16-5-3-7-19-8-10-20-11-9-19;/h13H,2-12H2,1H3,(H3,15,16,17);1H. The molecule has 0 aromatic carbocycles. The Morgan fingerprint density at radius 1 is 1.33 bits per heavy atom. The lowest BCUT2D eigenvalue weighted by molar-refractivity contribution is 0.0376. The Morgan fingerprint density at radius 2 is 2.10 bits per heavy atom. The van der Waals surface area contributed by atoms with E-state index in [2.05, 4.69) is 27.2 Å². The third-order valence-electron chi connectivity index (χ3n) is 4.20. The Kier molecular flexibility index (Phi) is 9.54.